The summed E-state index contributed by atoms with van der Waals surface area (Å²) in [5.41, 5.74) is 3.82. The van der Waals surface area contributed by atoms with Gasteiger partial charge in [-0.3, -0.25) is 4.90 Å². The lowest BCUT2D eigenvalue weighted by Crippen LogP contribution is -2.40. The Labute approximate surface area is 175 Å². The van der Waals surface area contributed by atoms with Gasteiger partial charge in [-0.25, -0.2) is 4.99 Å². The molecule has 3 rings (SSSR count). The molecule has 0 aliphatic carbocycles. The van der Waals surface area contributed by atoms with Crippen molar-refractivity contribution in [3.05, 3.63) is 71.3 Å². The van der Waals surface area contributed by atoms with Crippen LogP contribution in [-0.2, 0) is 17.8 Å². The molecule has 2 N–H and O–H groups in total. The number of guanidine groups is 1. The maximum Gasteiger partial charge on any atom is 0.192 e. The maximum absolute atomic E-state index is 5.65. The third kappa shape index (κ3) is 6.87. The van der Waals surface area contributed by atoms with E-state index in [1.165, 1.54) is 16.7 Å². The maximum atomic E-state index is 5.65. The Balaban J connectivity index is 1.61. The van der Waals surface area contributed by atoms with Crippen molar-refractivity contribution in [3.8, 4) is 0 Å². The van der Waals surface area contributed by atoms with Crippen LogP contribution in [0.3, 0.4) is 0 Å². The molecule has 1 heterocycles. The molecular weight excluding hydrogens is 360 g/mol. The zero-order chi connectivity index (χ0) is 20.5. The van der Waals surface area contributed by atoms with Crippen molar-refractivity contribution in [2.75, 3.05) is 26.2 Å². The molecule has 2 atom stereocenters. The third-order valence-electron chi connectivity index (χ3n) is 5.14. The number of ether oxygens (including phenoxy) is 1. The molecule has 1 aliphatic heterocycles. The van der Waals surface area contributed by atoms with E-state index in [-0.39, 0.29) is 6.04 Å². The molecule has 0 saturated carbocycles. The molecule has 2 unspecified atom stereocenters. The van der Waals surface area contributed by atoms with E-state index in [1.807, 2.05) is 6.07 Å². The molecule has 2 aromatic carbocycles. The normalized spacial score (nSPS) is 19.0. The average Bonchev–Trinajstić information content (AvgIpc) is 2.73. The Hall–Kier alpha value is -2.37. The number of hydrogen-bond donors (Lipinski definition) is 2. The Bertz CT molecular complexity index is 777. The summed E-state index contributed by atoms with van der Waals surface area (Å²) >= 11 is 0. The molecule has 1 saturated heterocycles. The standard InChI is InChI=1S/C24H34N4O/c1-4-25-24(27-20(3)23-11-6-5-7-12-23)26-16-21-9-8-10-22(15-21)18-28-13-14-29-19(2)17-28/h5-12,15,19-20H,4,13-14,16-18H2,1-3H3,(H2,25,26,27). The largest absolute Gasteiger partial charge is 0.376 e. The number of nitrogens with one attached hydrogen (secondary N) is 2. The molecule has 0 amide bonds. The first-order valence-electron chi connectivity index (χ1n) is 10.7. The average molecular weight is 395 g/mol. The second-order valence-corrected chi connectivity index (χ2v) is 7.71. The fourth-order valence-corrected chi connectivity index (χ4v) is 3.64. The first kappa shape index (κ1) is 21.3. The topological polar surface area (TPSA) is 48.9 Å². The van der Waals surface area contributed by atoms with E-state index in [2.05, 4.69) is 84.8 Å². The predicted molar refractivity (Wildman–Crippen MR) is 120 cm³/mol. The van der Waals surface area contributed by atoms with E-state index in [0.717, 1.165) is 38.7 Å². The lowest BCUT2D eigenvalue weighted by atomic mass is 10.1. The lowest BCUT2D eigenvalue weighted by molar-refractivity contribution is -0.0212. The van der Waals surface area contributed by atoms with E-state index in [0.29, 0.717) is 12.6 Å². The first-order valence-corrected chi connectivity index (χ1v) is 10.7. The fraction of sp³-hybridized carbons (Fsp3) is 0.458. The zero-order valence-corrected chi connectivity index (χ0v) is 17.9. The summed E-state index contributed by atoms with van der Waals surface area (Å²) in [7, 11) is 0. The molecule has 1 aliphatic rings. The van der Waals surface area contributed by atoms with Crippen LogP contribution in [0.2, 0.25) is 0 Å². The summed E-state index contributed by atoms with van der Waals surface area (Å²) in [5, 5.41) is 6.86. The number of benzene rings is 2. The molecule has 1 fully saturated rings. The van der Waals surface area contributed by atoms with Gasteiger partial charge in [0.25, 0.3) is 0 Å². The summed E-state index contributed by atoms with van der Waals surface area (Å²) in [5.74, 6) is 0.844. The smallest absolute Gasteiger partial charge is 0.192 e. The van der Waals surface area contributed by atoms with Crippen LogP contribution in [-0.4, -0.2) is 43.2 Å². The van der Waals surface area contributed by atoms with Gasteiger partial charge in [0, 0.05) is 26.2 Å². The van der Waals surface area contributed by atoms with Crippen LogP contribution >= 0.6 is 0 Å². The van der Waals surface area contributed by atoms with Crippen molar-refractivity contribution in [1.29, 1.82) is 0 Å². The fourth-order valence-electron chi connectivity index (χ4n) is 3.64. The van der Waals surface area contributed by atoms with Crippen molar-refractivity contribution in [2.24, 2.45) is 4.99 Å². The highest BCUT2D eigenvalue weighted by atomic mass is 16.5. The summed E-state index contributed by atoms with van der Waals surface area (Å²) in [6.45, 7) is 11.7. The van der Waals surface area contributed by atoms with Gasteiger partial charge in [-0.1, -0.05) is 54.6 Å². The van der Waals surface area contributed by atoms with Gasteiger partial charge in [-0.2, -0.15) is 0 Å². The highest BCUT2D eigenvalue weighted by Gasteiger charge is 2.16. The number of aliphatic imine (C=N–C) groups is 1. The Morgan fingerprint density at radius 1 is 1.17 bits per heavy atom. The van der Waals surface area contributed by atoms with Gasteiger partial charge >= 0.3 is 0 Å². The SMILES string of the molecule is CCNC(=NCc1cccc(CN2CCOC(C)C2)c1)NC(C)c1ccccc1. The molecule has 5 heteroatoms. The van der Waals surface area contributed by atoms with Crippen LogP contribution in [0.25, 0.3) is 0 Å². The van der Waals surface area contributed by atoms with Gasteiger partial charge in [0.2, 0.25) is 0 Å². The Morgan fingerprint density at radius 2 is 1.97 bits per heavy atom. The monoisotopic (exact) mass is 394 g/mol. The summed E-state index contributed by atoms with van der Waals surface area (Å²) in [6.07, 6.45) is 0.317. The minimum absolute atomic E-state index is 0.198. The van der Waals surface area contributed by atoms with Gasteiger partial charge in [-0.05, 0) is 37.5 Å². The second kappa shape index (κ2) is 11.0. The van der Waals surface area contributed by atoms with Crippen molar-refractivity contribution in [3.63, 3.8) is 0 Å². The molecular formula is C24H34N4O. The summed E-state index contributed by atoms with van der Waals surface area (Å²) in [4.78, 5) is 7.27. The number of nitrogens with zero attached hydrogens (tertiary/aromatic N) is 2. The molecule has 5 nitrogen and oxygen atoms in total. The minimum atomic E-state index is 0.198. The minimum Gasteiger partial charge on any atom is -0.376 e. The number of morpholine rings is 1. The third-order valence-corrected chi connectivity index (χ3v) is 5.14. The first-order chi connectivity index (χ1) is 14.1. The Morgan fingerprint density at radius 3 is 2.72 bits per heavy atom. The van der Waals surface area contributed by atoms with Crippen molar-refractivity contribution < 1.29 is 4.74 Å². The Kier molecular flexibility index (Phi) is 8.08. The molecule has 0 spiro atoms. The van der Waals surface area contributed by atoms with Gasteiger partial charge in [0.1, 0.15) is 0 Å². The van der Waals surface area contributed by atoms with Crippen LogP contribution < -0.4 is 10.6 Å². The van der Waals surface area contributed by atoms with Crippen LogP contribution in [0.4, 0.5) is 0 Å². The van der Waals surface area contributed by atoms with E-state index < -0.39 is 0 Å². The molecule has 0 aromatic heterocycles. The number of rotatable bonds is 7. The van der Waals surface area contributed by atoms with Crippen molar-refractivity contribution in [2.45, 2.75) is 46.0 Å². The van der Waals surface area contributed by atoms with Crippen LogP contribution in [0.1, 0.15) is 43.5 Å². The van der Waals surface area contributed by atoms with Crippen molar-refractivity contribution in [1.82, 2.24) is 15.5 Å². The quantitative estimate of drug-likeness (QED) is 0.555. The van der Waals surface area contributed by atoms with Gasteiger partial charge in [-0.15, -0.1) is 0 Å². The van der Waals surface area contributed by atoms with E-state index in [1.54, 1.807) is 0 Å². The molecule has 156 valence electrons. The molecule has 0 radical (unpaired) electrons. The second-order valence-electron chi connectivity index (χ2n) is 7.71. The summed E-state index contributed by atoms with van der Waals surface area (Å²) in [6, 6.07) is 19.4. The molecule has 29 heavy (non-hydrogen) atoms. The lowest BCUT2D eigenvalue weighted by Gasteiger charge is -2.31. The van der Waals surface area contributed by atoms with Gasteiger partial charge in [0.15, 0.2) is 5.96 Å². The molecule has 0 bridgehead atoms. The highest BCUT2D eigenvalue weighted by molar-refractivity contribution is 5.80. The van der Waals surface area contributed by atoms with E-state index >= 15 is 0 Å². The number of hydrogen-bond acceptors (Lipinski definition) is 3. The van der Waals surface area contributed by atoms with Crippen LogP contribution in [0, 0.1) is 0 Å². The molecule has 2 aromatic rings. The summed E-state index contributed by atoms with van der Waals surface area (Å²) < 4.78 is 5.65. The predicted octanol–water partition coefficient (Wildman–Crippen LogP) is 3.72. The van der Waals surface area contributed by atoms with E-state index in [9.17, 15) is 0 Å². The van der Waals surface area contributed by atoms with Crippen LogP contribution in [0.5, 0.6) is 0 Å². The van der Waals surface area contributed by atoms with Gasteiger partial charge < -0.3 is 15.4 Å². The van der Waals surface area contributed by atoms with E-state index in [4.69, 9.17) is 9.73 Å². The zero-order valence-electron chi connectivity index (χ0n) is 17.9. The van der Waals surface area contributed by atoms with Gasteiger partial charge in [0.05, 0.1) is 25.3 Å². The highest BCUT2D eigenvalue weighted by Crippen LogP contribution is 2.14. The van der Waals surface area contributed by atoms with Crippen molar-refractivity contribution >= 4 is 5.96 Å². The van der Waals surface area contributed by atoms with Crippen LogP contribution in [0.15, 0.2) is 59.6 Å².